The molecule has 0 spiro atoms. The highest BCUT2D eigenvalue weighted by Crippen LogP contribution is 2.25. The molecule has 0 N–H and O–H groups in total. The largest absolute Gasteiger partial charge is 0.444 e. The van der Waals surface area contributed by atoms with Crippen molar-refractivity contribution in [3.63, 3.8) is 0 Å². The van der Waals surface area contributed by atoms with Gasteiger partial charge in [0, 0.05) is 24.5 Å². The van der Waals surface area contributed by atoms with Gasteiger partial charge >= 0.3 is 6.09 Å². The van der Waals surface area contributed by atoms with Crippen LogP contribution in [-0.2, 0) is 4.74 Å². The first kappa shape index (κ1) is 18.3. The monoisotopic (exact) mass is 357 g/mol. The number of rotatable bonds is 3. The van der Waals surface area contributed by atoms with Gasteiger partial charge in [0.15, 0.2) is 5.16 Å². The van der Waals surface area contributed by atoms with Crippen molar-refractivity contribution in [1.82, 2.24) is 14.9 Å². The second-order valence-electron chi connectivity index (χ2n) is 6.86. The summed E-state index contributed by atoms with van der Waals surface area (Å²) in [6.45, 7) is 9.07. The second kappa shape index (κ2) is 7.71. The van der Waals surface area contributed by atoms with Gasteiger partial charge in [-0.15, -0.1) is 0 Å². The zero-order valence-corrected chi connectivity index (χ0v) is 15.7. The van der Waals surface area contributed by atoms with Crippen molar-refractivity contribution in [3.05, 3.63) is 16.9 Å². The fourth-order valence-corrected chi connectivity index (χ4v) is 3.77. The number of nitrogens with zero attached hydrogens (tertiary/aromatic N) is 3. The number of thioether (sulfide) groups is 1. The van der Waals surface area contributed by atoms with E-state index in [1.165, 1.54) is 0 Å². The van der Waals surface area contributed by atoms with E-state index < -0.39 is 5.60 Å². The fourth-order valence-electron chi connectivity index (χ4n) is 2.45. The van der Waals surface area contributed by atoms with E-state index >= 15 is 0 Å². The predicted molar refractivity (Wildman–Crippen MR) is 93.0 cm³/mol. The molecule has 7 heteroatoms. The molecule has 128 valence electrons. The van der Waals surface area contributed by atoms with Crippen molar-refractivity contribution >= 4 is 29.5 Å². The minimum Gasteiger partial charge on any atom is -0.444 e. The van der Waals surface area contributed by atoms with Crippen LogP contribution in [0.1, 0.15) is 39.3 Å². The molecule has 2 rings (SSSR count). The van der Waals surface area contributed by atoms with Crippen LogP contribution in [0.5, 0.6) is 0 Å². The highest BCUT2D eigenvalue weighted by molar-refractivity contribution is 7.99. The summed E-state index contributed by atoms with van der Waals surface area (Å²) in [6.07, 6.45) is 1.88. The van der Waals surface area contributed by atoms with E-state index in [1.54, 1.807) is 17.8 Å². The smallest absolute Gasteiger partial charge is 0.410 e. The lowest BCUT2D eigenvalue weighted by atomic mass is 10.0. The first-order valence-electron chi connectivity index (χ1n) is 7.85. The maximum Gasteiger partial charge on any atom is 0.410 e. The molecule has 1 aromatic rings. The number of aryl methyl sites for hydroxylation is 1. The molecule has 0 aromatic carbocycles. The number of hydrogen-bond donors (Lipinski definition) is 0. The number of carbonyl (C=O) groups excluding carboxylic acids is 1. The Morgan fingerprint density at radius 3 is 2.87 bits per heavy atom. The van der Waals surface area contributed by atoms with E-state index in [0.717, 1.165) is 37.4 Å². The molecule has 2 heterocycles. The molecule has 5 nitrogen and oxygen atoms in total. The zero-order chi connectivity index (χ0) is 17.0. The highest BCUT2D eigenvalue weighted by atomic mass is 35.5. The maximum atomic E-state index is 12.2. The first-order chi connectivity index (χ1) is 10.7. The van der Waals surface area contributed by atoms with Crippen LogP contribution in [0.4, 0.5) is 4.79 Å². The Bertz CT molecular complexity index is 542. The Morgan fingerprint density at radius 2 is 2.22 bits per heavy atom. The Hall–Kier alpha value is -1.01. The molecule has 1 fully saturated rings. The third-order valence-electron chi connectivity index (χ3n) is 3.42. The Balaban J connectivity index is 1.87. The molecule has 1 aliphatic rings. The van der Waals surface area contributed by atoms with Crippen molar-refractivity contribution in [2.45, 2.75) is 51.3 Å². The number of halogens is 1. The molecule has 1 amide bonds. The highest BCUT2D eigenvalue weighted by Gasteiger charge is 2.27. The normalized spacial score (nSPS) is 18.8. The van der Waals surface area contributed by atoms with E-state index in [0.29, 0.717) is 16.2 Å². The molecule has 1 unspecified atom stereocenters. The van der Waals surface area contributed by atoms with Gasteiger partial charge < -0.3 is 9.64 Å². The SMILES string of the molecule is Cc1cc(Cl)nc(SCC2CCCN(C(=O)OC(C)(C)C)C2)n1. The average Bonchev–Trinajstić information content (AvgIpc) is 2.43. The van der Waals surface area contributed by atoms with Crippen molar-refractivity contribution in [1.29, 1.82) is 0 Å². The number of amides is 1. The van der Waals surface area contributed by atoms with Crippen LogP contribution < -0.4 is 0 Å². The van der Waals surface area contributed by atoms with Gasteiger partial charge in [-0.1, -0.05) is 23.4 Å². The van der Waals surface area contributed by atoms with Gasteiger partial charge in [0.1, 0.15) is 10.8 Å². The average molecular weight is 358 g/mol. The Kier molecular flexibility index (Phi) is 6.14. The summed E-state index contributed by atoms with van der Waals surface area (Å²) >= 11 is 7.56. The Labute approximate surface area is 147 Å². The topological polar surface area (TPSA) is 55.3 Å². The second-order valence-corrected chi connectivity index (χ2v) is 8.23. The van der Waals surface area contributed by atoms with E-state index in [4.69, 9.17) is 16.3 Å². The van der Waals surface area contributed by atoms with E-state index in [-0.39, 0.29) is 6.09 Å². The van der Waals surface area contributed by atoms with Crippen molar-refractivity contribution in [2.24, 2.45) is 5.92 Å². The number of likely N-dealkylation sites (tertiary alicyclic amines) is 1. The van der Waals surface area contributed by atoms with Crippen molar-refractivity contribution in [2.75, 3.05) is 18.8 Å². The summed E-state index contributed by atoms with van der Waals surface area (Å²) in [7, 11) is 0. The van der Waals surface area contributed by atoms with Crippen molar-refractivity contribution < 1.29 is 9.53 Å². The van der Waals surface area contributed by atoms with Gasteiger partial charge in [0.2, 0.25) is 0 Å². The van der Waals surface area contributed by atoms with E-state index in [9.17, 15) is 4.79 Å². The van der Waals surface area contributed by atoms with Crippen molar-refractivity contribution in [3.8, 4) is 0 Å². The molecule has 1 atom stereocenters. The minimum absolute atomic E-state index is 0.220. The molecule has 0 bridgehead atoms. The van der Waals surface area contributed by atoms with E-state index in [1.807, 2.05) is 32.6 Å². The molecule has 1 aliphatic heterocycles. The predicted octanol–water partition coefficient (Wildman–Crippen LogP) is 4.18. The number of piperidine rings is 1. The van der Waals surface area contributed by atoms with E-state index in [2.05, 4.69) is 9.97 Å². The lowest BCUT2D eigenvalue weighted by Crippen LogP contribution is -2.43. The van der Waals surface area contributed by atoms with Crippen LogP contribution in [0.15, 0.2) is 11.2 Å². The lowest BCUT2D eigenvalue weighted by molar-refractivity contribution is 0.0177. The third-order valence-corrected chi connectivity index (χ3v) is 4.69. The number of carbonyl (C=O) groups is 1. The van der Waals surface area contributed by atoms with Gasteiger partial charge in [-0.05, 0) is 52.5 Å². The number of ether oxygens (including phenoxy) is 1. The zero-order valence-electron chi connectivity index (χ0n) is 14.1. The van der Waals surface area contributed by atoms with Crippen LogP contribution in [0.2, 0.25) is 5.15 Å². The summed E-state index contributed by atoms with van der Waals surface area (Å²) in [5.74, 6) is 1.29. The summed E-state index contributed by atoms with van der Waals surface area (Å²) in [6, 6.07) is 1.75. The molecule has 1 aromatic heterocycles. The van der Waals surface area contributed by atoms with Crippen LogP contribution in [0.3, 0.4) is 0 Å². The van der Waals surface area contributed by atoms with Crippen LogP contribution in [0, 0.1) is 12.8 Å². The first-order valence-corrected chi connectivity index (χ1v) is 9.21. The molecule has 0 aliphatic carbocycles. The molecular formula is C16H24ClN3O2S. The summed E-state index contributed by atoms with van der Waals surface area (Å²) in [4.78, 5) is 22.6. The summed E-state index contributed by atoms with van der Waals surface area (Å²) < 4.78 is 5.46. The van der Waals surface area contributed by atoms with Gasteiger partial charge in [-0.2, -0.15) is 0 Å². The standard InChI is InChI=1S/C16H24ClN3O2S/c1-11-8-13(17)19-14(18-11)23-10-12-6-5-7-20(9-12)15(21)22-16(2,3)4/h8,12H,5-7,9-10H2,1-4H3. The minimum atomic E-state index is -0.453. The Morgan fingerprint density at radius 1 is 1.48 bits per heavy atom. The lowest BCUT2D eigenvalue weighted by Gasteiger charge is -2.33. The van der Waals surface area contributed by atoms with Gasteiger partial charge in [-0.3, -0.25) is 0 Å². The van der Waals surface area contributed by atoms with Gasteiger partial charge in [0.25, 0.3) is 0 Å². The maximum absolute atomic E-state index is 12.2. The molecular weight excluding hydrogens is 334 g/mol. The number of aromatic nitrogens is 2. The van der Waals surface area contributed by atoms with Crippen LogP contribution >= 0.6 is 23.4 Å². The van der Waals surface area contributed by atoms with Crippen LogP contribution in [-0.4, -0.2) is 45.4 Å². The summed E-state index contributed by atoms with van der Waals surface area (Å²) in [5.41, 5.74) is 0.414. The summed E-state index contributed by atoms with van der Waals surface area (Å²) in [5, 5.41) is 1.17. The number of hydrogen-bond acceptors (Lipinski definition) is 5. The molecule has 23 heavy (non-hydrogen) atoms. The quantitative estimate of drug-likeness (QED) is 0.461. The van der Waals surface area contributed by atoms with Gasteiger partial charge in [-0.25, -0.2) is 14.8 Å². The van der Waals surface area contributed by atoms with Gasteiger partial charge in [0.05, 0.1) is 0 Å². The third kappa shape index (κ3) is 6.18. The molecule has 0 radical (unpaired) electrons. The molecule has 0 saturated carbocycles. The van der Waals surface area contributed by atoms with Crippen LogP contribution in [0.25, 0.3) is 0 Å². The molecule has 1 saturated heterocycles. The fraction of sp³-hybridized carbons (Fsp3) is 0.688.